The molecule has 1 aliphatic heterocycles. The van der Waals surface area contributed by atoms with E-state index in [0.717, 1.165) is 17.1 Å². The highest BCUT2D eigenvalue weighted by atomic mass is 16.5. The van der Waals surface area contributed by atoms with Crippen LogP contribution in [0.1, 0.15) is 43.9 Å². The number of aliphatic carboxylic acids is 1. The fraction of sp³-hybridized carbons (Fsp3) is 0.417. The molecule has 0 saturated carbocycles. The topological polar surface area (TPSA) is 66.8 Å². The molecule has 0 aliphatic carbocycles. The minimum absolute atomic E-state index is 0.0165. The lowest BCUT2D eigenvalue weighted by molar-refractivity contribution is -0.141. The predicted molar refractivity (Wildman–Crippen MR) is 112 cm³/mol. The van der Waals surface area contributed by atoms with E-state index in [1.807, 2.05) is 30.3 Å². The molecule has 1 aliphatic rings. The number of hydrogen-bond donors (Lipinski definition) is 1. The SMILES string of the molecule is Cc1ccc(Oc2ccc(CCN3CC(C(=O)O)CC3=O)cc2)c(C(C)(C)C)c1. The molecular formula is C24H29NO4. The van der Waals surface area contributed by atoms with Crippen molar-refractivity contribution in [3.63, 3.8) is 0 Å². The van der Waals surface area contributed by atoms with E-state index in [9.17, 15) is 9.59 Å². The number of carbonyl (C=O) groups excluding carboxylic acids is 1. The summed E-state index contributed by atoms with van der Waals surface area (Å²) in [5.41, 5.74) is 3.45. The van der Waals surface area contributed by atoms with E-state index in [2.05, 4.69) is 39.8 Å². The van der Waals surface area contributed by atoms with Gasteiger partial charge in [-0.25, -0.2) is 0 Å². The highest BCUT2D eigenvalue weighted by Crippen LogP contribution is 2.35. The Morgan fingerprint density at radius 3 is 2.45 bits per heavy atom. The number of nitrogens with zero attached hydrogens (tertiary/aromatic N) is 1. The third kappa shape index (κ3) is 5.17. The van der Waals surface area contributed by atoms with Gasteiger partial charge in [0.05, 0.1) is 5.92 Å². The second-order valence-corrected chi connectivity index (χ2v) is 8.82. The number of amides is 1. The Morgan fingerprint density at radius 2 is 1.86 bits per heavy atom. The third-order valence-corrected chi connectivity index (χ3v) is 5.33. The van der Waals surface area contributed by atoms with Crippen molar-refractivity contribution >= 4 is 11.9 Å². The number of likely N-dealkylation sites (tertiary alicyclic amines) is 1. The summed E-state index contributed by atoms with van der Waals surface area (Å²) in [6.45, 7) is 9.44. The average molecular weight is 395 g/mol. The van der Waals surface area contributed by atoms with Gasteiger partial charge in [-0.15, -0.1) is 0 Å². The summed E-state index contributed by atoms with van der Waals surface area (Å²) >= 11 is 0. The summed E-state index contributed by atoms with van der Waals surface area (Å²) in [5, 5.41) is 9.08. The molecule has 2 aromatic carbocycles. The fourth-order valence-corrected chi connectivity index (χ4v) is 3.59. The molecule has 1 N–H and O–H groups in total. The van der Waals surface area contributed by atoms with Crippen molar-refractivity contribution < 1.29 is 19.4 Å². The Labute approximate surface area is 172 Å². The van der Waals surface area contributed by atoms with Crippen LogP contribution < -0.4 is 4.74 Å². The molecule has 0 radical (unpaired) electrons. The smallest absolute Gasteiger partial charge is 0.308 e. The molecule has 29 heavy (non-hydrogen) atoms. The van der Waals surface area contributed by atoms with Crippen molar-refractivity contribution in [3.8, 4) is 11.5 Å². The second kappa shape index (κ2) is 8.27. The van der Waals surface area contributed by atoms with Gasteiger partial charge >= 0.3 is 5.97 Å². The molecule has 3 rings (SSSR count). The summed E-state index contributed by atoms with van der Waals surface area (Å²) in [6.07, 6.45) is 0.797. The number of carbonyl (C=O) groups is 2. The van der Waals surface area contributed by atoms with Gasteiger partial charge in [0.1, 0.15) is 11.5 Å². The Hall–Kier alpha value is -2.82. The molecular weight excluding hydrogens is 366 g/mol. The summed E-state index contributed by atoms with van der Waals surface area (Å²) in [5.74, 6) is 0.0776. The largest absolute Gasteiger partial charge is 0.481 e. The standard InChI is InChI=1S/C24H29NO4/c1-16-5-10-21(20(13-16)24(2,3)4)29-19-8-6-17(7-9-19)11-12-25-15-18(23(27)28)14-22(25)26/h5-10,13,18H,11-12,14-15H2,1-4H3,(H,27,28). The molecule has 154 valence electrons. The van der Waals surface area contributed by atoms with Gasteiger partial charge in [-0.3, -0.25) is 9.59 Å². The Bertz CT molecular complexity index is 896. The molecule has 1 amide bonds. The van der Waals surface area contributed by atoms with E-state index in [0.29, 0.717) is 19.5 Å². The minimum Gasteiger partial charge on any atom is -0.481 e. The molecule has 5 nitrogen and oxygen atoms in total. The number of hydrogen-bond acceptors (Lipinski definition) is 3. The molecule has 0 aromatic heterocycles. The van der Waals surface area contributed by atoms with Crippen LogP contribution in [-0.4, -0.2) is 35.0 Å². The molecule has 2 aromatic rings. The predicted octanol–water partition coefficient (Wildman–Crippen LogP) is 4.56. The summed E-state index contributed by atoms with van der Waals surface area (Å²) in [4.78, 5) is 24.7. The molecule has 1 saturated heterocycles. The molecule has 1 fully saturated rings. The Morgan fingerprint density at radius 1 is 1.17 bits per heavy atom. The molecule has 1 heterocycles. The zero-order chi connectivity index (χ0) is 21.2. The van der Waals surface area contributed by atoms with Crippen molar-refractivity contribution in [2.45, 2.75) is 46.0 Å². The highest BCUT2D eigenvalue weighted by molar-refractivity contribution is 5.86. The van der Waals surface area contributed by atoms with Crippen molar-refractivity contribution in [2.24, 2.45) is 5.92 Å². The van der Waals surface area contributed by atoms with Gasteiger partial charge in [-0.1, -0.05) is 50.6 Å². The third-order valence-electron chi connectivity index (χ3n) is 5.33. The second-order valence-electron chi connectivity index (χ2n) is 8.82. The minimum atomic E-state index is -0.895. The number of carboxylic acid groups (broad SMARTS) is 1. The van der Waals surface area contributed by atoms with Gasteiger partial charge in [0.25, 0.3) is 0 Å². The number of aryl methyl sites for hydroxylation is 1. The van der Waals surface area contributed by atoms with E-state index in [1.165, 1.54) is 11.1 Å². The van der Waals surface area contributed by atoms with Crippen LogP contribution in [0, 0.1) is 12.8 Å². The number of rotatable bonds is 6. The summed E-state index contributed by atoms with van der Waals surface area (Å²) in [7, 11) is 0. The maximum atomic E-state index is 11.9. The lowest BCUT2D eigenvalue weighted by Crippen LogP contribution is -2.28. The lowest BCUT2D eigenvalue weighted by atomic mass is 9.85. The first-order chi connectivity index (χ1) is 13.6. The first kappa shape index (κ1) is 20.9. The quantitative estimate of drug-likeness (QED) is 0.779. The van der Waals surface area contributed by atoms with E-state index in [4.69, 9.17) is 9.84 Å². The Kier molecular flexibility index (Phi) is 5.96. The van der Waals surface area contributed by atoms with Crippen molar-refractivity contribution in [2.75, 3.05) is 13.1 Å². The Balaban J connectivity index is 1.63. The van der Waals surface area contributed by atoms with Crippen LogP contribution in [0.4, 0.5) is 0 Å². The number of carboxylic acids is 1. The highest BCUT2D eigenvalue weighted by Gasteiger charge is 2.33. The van der Waals surface area contributed by atoms with Crippen LogP contribution >= 0.6 is 0 Å². The van der Waals surface area contributed by atoms with E-state index < -0.39 is 11.9 Å². The average Bonchev–Trinajstić information content (AvgIpc) is 3.03. The van der Waals surface area contributed by atoms with Crippen molar-refractivity contribution in [1.82, 2.24) is 4.90 Å². The van der Waals surface area contributed by atoms with Gasteiger partial charge in [0, 0.05) is 25.1 Å². The molecule has 0 spiro atoms. The van der Waals surface area contributed by atoms with Gasteiger partial charge in [-0.05, 0) is 42.5 Å². The van der Waals surface area contributed by atoms with E-state index in [-0.39, 0.29) is 17.7 Å². The summed E-state index contributed by atoms with van der Waals surface area (Å²) in [6, 6.07) is 14.1. The first-order valence-electron chi connectivity index (χ1n) is 10.0. The van der Waals surface area contributed by atoms with Gasteiger partial charge in [0.15, 0.2) is 0 Å². The van der Waals surface area contributed by atoms with Gasteiger partial charge in [0.2, 0.25) is 5.91 Å². The first-order valence-corrected chi connectivity index (χ1v) is 10.0. The zero-order valence-electron chi connectivity index (χ0n) is 17.6. The van der Waals surface area contributed by atoms with Crippen LogP contribution in [-0.2, 0) is 21.4 Å². The van der Waals surface area contributed by atoms with E-state index >= 15 is 0 Å². The molecule has 1 unspecified atom stereocenters. The monoisotopic (exact) mass is 395 g/mol. The normalized spacial score (nSPS) is 16.9. The lowest BCUT2D eigenvalue weighted by Gasteiger charge is -2.23. The van der Waals surface area contributed by atoms with Crippen LogP contribution in [0.5, 0.6) is 11.5 Å². The number of benzene rings is 2. The van der Waals surface area contributed by atoms with E-state index in [1.54, 1.807) is 4.90 Å². The van der Waals surface area contributed by atoms with Crippen LogP contribution in [0.15, 0.2) is 42.5 Å². The maximum absolute atomic E-state index is 11.9. The van der Waals surface area contributed by atoms with Gasteiger partial charge in [-0.2, -0.15) is 0 Å². The van der Waals surface area contributed by atoms with Crippen LogP contribution in [0.3, 0.4) is 0 Å². The number of ether oxygens (including phenoxy) is 1. The zero-order valence-corrected chi connectivity index (χ0v) is 17.6. The van der Waals surface area contributed by atoms with Crippen LogP contribution in [0.2, 0.25) is 0 Å². The van der Waals surface area contributed by atoms with Crippen molar-refractivity contribution in [3.05, 3.63) is 59.2 Å². The molecule has 0 bridgehead atoms. The van der Waals surface area contributed by atoms with Crippen LogP contribution in [0.25, 0.3) is 0 Å². The molecule has 5 heteroatoms. The van der Waals surface area contributed by atoms with Crippen molar-refractivity contribution in [1.29, 1.82) is 0 Å². The maximum Gasteiger partial charge on any atom is 0.308 e. The molecule has 1 atom stereocenters. The van der Waals surface area contributed by atoms with Gasteiger partial charge < -0.3 is 14.7 Å². The fourth-order valence-electron chi connectivity index (χ4n) is 3.59. The summed E-state index contributed by atoms with van der Waals surface area (Å²) < 4.78 is 6.15.